The normalized spacial score (nSPS) is 11.6. The lowest BCUT2D eigenvalue weighted by Crippen LogP contribution is -2.30. The van der Waals surface area contributed by atoms with Crippen molar-refractivity contribution < 1.29 is 13.2 Å². The van der Waals surface area contributed by atoms with E-state index in [1.165, 1.54) is 6.07 Å². The maximum atomic E-state index is 12.2. The molecule has 0 radical (unpaired) electrons. The quantitative estimate of drug-likeness (QED) is 0.786. The zero-order valence-corrected chi connectivity index (χ0v) is 13.0. The molecule has 0 aromatic carbocycles. The minimum absolute atomic E-state index is 0.0325. The van der Waals surface area contributed by atoms with Gasteiger partial charge in [0, 0.05) is 28.6 Å². The first kappa shape index (κ1) is 15.5. The Balaban J connectivity index is 3.08. The van der Waals surface area contributed by atoms with E-state index in [2.05, 4.69) is 0 Å². The molecule has 1 aromatic rings. The fourth-order valence-electron chi connectivity index (χ4n) is 1.64. The highest BCUT2D eigenvalue weighted by Crippen LogP contribution is 2.29. The summed E-state index contributed by atoms with van der Waals surface area (Å²) in [7, 11) is 1.53. The molecule has 4 nitrogen and oxygen atoms in total. The molecule has 1 rings (SSSR count). The molecular formula is C11H16ClNO3S2. The predicted octanol–water partition coefficient (Wildman–Crippen LogP) is 2.86. The number of carbonyl (C=O) groups excluding carboxylic acids is 1. The Labute approximate surface area is 116 Å². The van der Waals surface area contributed by atoms with E-state index >= 15 is 0 Å². The molecule has 1 aromatic heterocycles. The molecule has 0 saturated heterocycles. The number of halogens is 1. The second kappa shape index (κ2) is 6.04. The second-order valence-corrected chi connectivity index (χ2v) is 7.64. The van der Waals surface area contributed by atoms with E-state index < -0.39 is 9.05 Å². The molecule has 0 spiro atoms. The van der Waals surface area contributed by atoms with E-state index in [1.807, 2.05) is 13.8 Å². The van der Waals surface area contributed by atoms with Gasteiger partial charge in [-0.1, -0.05) is 6.92 Å². The summed E-state index contributed by atoms with van der Waals surface area (Å²) in [5.41, 5.74) is 0. The minimum atomic E-state index is -3.78. The lowest BCUT2D eigenvalue weighted by atomic mass is 10.3. The van der Waals surface area contributed by atoms with Crippen LogP contribution in [0.4, 0.5) is 0 Å². The number of rotatable bonds is 5. The molecule has 0 aliphatic carbocycles. The van der Waals surface area contributed by atoms with E-state index in [0.717, 1.165) is 17.8 Å². The number of hydrogen-bond donors (Lipinski definition) is 0. The first-order valence-electron chi connectivity index (χ1n) is 5.65. The molecule has 18 heavy (non-hydrogen) atoms. The third-order valence-electron chi connectivity index (χ3n) is 2.51. The van der Waals surface area contributed by atoms with E-state index in [1.54, 1.807) is 11.8 Å². The number of carbonyl (C=O) groups is 1. The Morgan fingerprint density at radius 3 is 2.44 bits per heavy atom. The van der Waals surface area contributed by atoms with Crippen molar-refractivity contribution in [1.29, 1.82) is 0 Å². The monoisotopic (exact) mass is 309 g/mol. The average Bonchev–Trinajstić information content (AvgIpc) is 2.67. The van der Waals surface area contributed by atoms with E-state index in [9.17, 15) is 13.2 Å². The third kappa shape index (κ3) is 3.46. The number of aryl methyl sites for hydroxylation is 1. The smallest absolute Gasteiger partial charge is 0.263 e. The van der Waals surface area contributed by atoms with E-state index in [4.69, 9.17) is 10.7 Å². The molecule has 0 atom stereocenters. The summed E-state index contributed by atoms with van der Waals surface area (Å²) < 4.78 is 22.6. The highest BCUT2D eigenvalue weighted by atomic mass is 35.7. The largest absolute Gasteiger partial charge is 0.338 e. The Morgan fingerprint density at radius 2 is 2.06 bits per heavy atom. The Kier molecular flexibility index (Phi) is 5.19. The molecule has 1 amide bonds. The minimum Gasteiger partial charge on any atom is -0.338 e. The molecule has 0 N–H and O–H groups in total. The van der Waals surface area contributed by atoms with Crippen LogP contribution in [0, 0.1) is 6.92 Å². The number of hydrogen-bond acceptors (Lipinski definition) is 4. The van der Waals surface area contributed by atoms with Crippen LogP contribution in [0.1, 0.15) is 34.8 Å². The van der Waals surface area contributed by atoms with Gasteiger partial charge in [0.25, 0.3) is 15.0 Å². The van der Waals surface area contributed by atoms with Crippen LogP contribution in [0.3, 0.4) is 0 Å². The van der Waals surface area contributed by atoms with Crippen LogP contribution in [0.5, 0.6) is 0 Å². The summed E-state index contributed by atoms with van der Waals surface area (Å²) in [6, 6.07) is 1.36. The predicted molar refractivity (Wildman–Crippen MR) is 74.0 cm³/mol. The maximum Gasteiger partial charge on any atom is 0.263 e. The standard InChI is InChI=1S/C11H16ClNO3S2/c1-4-6-13(5-2)11(14)9-7-10(8(3)17-9)18(12,15)16/h7H,4-6H2,1-3H3. The van der Waals surface area contributed by atoms with Gasteiger partial charge in [0.15, 0.2) is 0 Å². The van der Waals surface area contributed by atoms with Crippen molar-refractivity contribution in [3.05, 3.63) is 15.8 Å². The SMILES string of the molecule is CCCN(CC)C(=O)c1cc(S(=O)(=O)Cl)c(C)s1. The fourth-order valence-corrected chi connectivity index (χ4v) is 4.27. The first-order chi connectivity index (χ1) is 8.31. The van der Waals surface area contributed by atoms with Gasteiger partial charge >= 0.3 is 0 Å². The summed E-state index contributed by atoms with van der Waals surface area (Å²) >= 11 is 1.16. The summed E-state index contributed by atoms with van der Waals surface area (Å²) in [5.74, 6) is -0.140. The van der Waals surface area contributed by atoms with Gasteiger partial charge in [-0.2, -0.15) is 0 Å². The van der Waals surface area contributed by atoms with E-state index in [-0.39, 0.29) is 10.8 Å². The van der Waals surface area contributed by atoms with Crippen LogP contribution in [0.2, 0.25) is 0 Å². The van der Waals surface area contributed by atoms with E-state index in [0.29, 0.717) is 22.8 Å². The highest BCUT2D eigenvalue weighted by Gasteiger charge is 2.22. The topological polar surface area (TPSA) is 54.5 Å². The number of amides is 1. The van der Waals surface area contributed by atoms with Crippen LogP contribution in [-0.2, 0) is 9.05 Å². The van der Waals surface area contributed by atoms with Gasteiger partial charge < -0.3 is 4.90 Å². The molecule has 1 heterocycles. The molecule has 0 saturated carbocycles. The first-order valence-corrected chi connectivity index (χ1v) is 8.78. The van der Waals surface area contributed by atoms with Crippen LogP contribution in [0.15, 0.2) is 11.0 Å². The van der Waals surface area contributed by atoms with Gasteiger partial charge in [-0.05, 0) is 26.3 Å². The molecule has 0 fully saturated rings. The molecule has 0 bridgehead atoms. The van der Waals surface area contributed by atoms with Crippen molar-refractivity contribution >= 4 is 37.0 Å². The zero-order valence-electron chi connectivity index (χ0n) is 10.6. The Morgan fingerprint density at radius 1 is 1.44 bits per heavy atom. The third-order valence-corrected chi connectivity index (χ3v) is 5.12. The molecule has 0 unspecified atom stereocenters. The number of thiophene rings is 1. The van der Waals surface area contributed by atoms with Crippen molar-refractivity contribution in [2.75, 3.05) is 13.1 Å². The molecule has 0 aliphatic heterocycles. The second-order valence-electron chi connectivity index (χ2n) is 3.85. The Bertz CT molecular complexity index is 536. The van der Waals surface area contributed by atoms with Crippen molar-refractivity contribution in [3.8, 4) is 0 Å². The Hall–Kier alpha value is -0.590. The summed E-state index contributed by atoms with van der Waals surface area (Å²) in [6.45, 7) is 6.80. The fraction of sp³-hybridized carbons (Fsp3) is 0.545. The van der Waals surface area contributed by atoms with Gasteiger partial charge in [0.05, 0.1) is 9.77 Å². The number of nitrogens with zero attached hydrogens (tertiary/aromatic N) is 1. The van der Waals surface area contributed by atoms with Crippen molar-refractivity contribution in [2.45, 2.75) is 32.1 Å². The van der Waals surface area contributed by atoms with Crippen molar-refractivity contribution in [1.82, 2.24) is 4.90 Å². The molecule has 102 valence electrons. The lowest BCUT2D eigenvalue weighted by Gasteiger charge is -2.18. The van der Waals surface area contributed by atoms with Crippen LogP contribution in [-0.4, -0.2) is 32.3 Å². The molecular weight excluding hydrogens is 294 g/mol. The van der Waals surface area contributed by atoms with Crippen LogP contribution < -0.4 is 0 Å². The molecule has 0 aliphatic rings. The van der Waals surface area contributed by atoms with Crippen molar-refractivity contribution in [2.24, 2.45) is 0 Å². The molecule has 7 heteroatoms. The summed E-state index contributed by atoms with van der Waals surface area (Å²) in [5, 5.41) is 0. The van der Waals surface area contributed by atoms with Crippen molar-refractivity contribution in [3.63, 3.8) is 0 Å². The maximum absolute atomic E-state index is 12.2. The summed E-state index contributed by atoms with van der Waals surface area (Å²) in [6.07, 6.45) is 0.866. The highest BCUT2D eigenvalue weighted by molar-refractivity contribution is 8.13. The van der Waals surface area contributed by atoms with Gasteiger partial charge in [-0.15, -0.1) is 11.3 Å². The van der Waals surface area contributed by atoms with Crippen LogP contribution >= 0.6 is 22.0 Å². The van der Waals surface area contributed by atoms with Gasteiger partial charge in [0.2, 0.25) is 0 Å². The van der Waals surface area contributed by atoms with Gasteiger partial charge in [0.1, 0.15) is 0 Å². The van der Waals surface area contributed by atoms with Crippen LogP contribution in [0.25, 0.3) is 0 Å². The summed E-state index contributed by atoms with van der Waals surface area (Å²) in [4.78, 5) is 14.8. The van der Waals surface area contributed by atoms with Gasteiger partial charge in [-0.25, -0.2) is 8.42 Å². The lowest BCUT2D eigenvalue weighted by molar-refractivity contribution is 0.0769. The zero-order chi connectivity index (χ0) is 13.9. The van der Waals surface area contributed by atoms with Gasteiger partial charge in [-0.3, -0.25) is 4.79 Å². The average molecular weight is 310 g/mol.